The van der Waals surface area contributed by atoms with Gasteiger partial charge in [0.1, 0.15) is 10.8 Å². The molecule has 94 valence electrons. The van der Waals surface area contributed by atoms with Crippen molar-refractivity contribution in [3.05, 3.63) is 53.5 Å². The number of pyridine rings is 1. The van der Waals surface area contributed by atoms with Gasteiger partial charge in [0.25, 0.3) is 0 Å². The minimum Gasteiger partial charge on any atom is -0.478 e. The lowest BCUT2D eigenvalue weighted by Crippen LogP contribution is -2.00. The maximum atomic E-state index is 13.2. The van der Waals surface area contributed by atoms with Gasteiger partial charge < -0.3 is 5.11 Å². The summed E-state index contributed by atoms with van der Waals surface area (Å²) in [7, 11) is 0. The smallest absolute Gasteiger partial charge is 0.338 e. The van der Waals surface area contributed by atoms with E-state index in [9.17, 15) is 9.18 Å². The van der Waals surface area contributed by atoms with Crippen molar-refractivity contribution in [2.75, 3.05) is 0 Å². The number of carboxylic acid groups (broad SMARTS) is 1. The maximum Gasteiger partial charge on any atom is 0.338 e. The topological polar surface area (TPSA) is 74.0 Å². The minimum absolute atomic E-state index is 0.388. The second-order valence-corrected chi connectivity index (χ2v) is 4.64. The van der Waals surface area contributed by atoms with Gasteiger partial charge in [0.05, 0.1) is 17.2 Å². The highest BCUT2D eigenvalue weighted by Gasteiger charge is 2.11. The Kier molecular flexibility index (Phi) is 3.78. The lowest BCUT2D eigenvalue weighted by atomic mass is 10.2. The molecular formula is C13H7FN2O2S. The molecule has 6 heteroatoms. The minimum atomic E-state index is -1.32. The molecule has 0 atom stereocenters. The molecule has 0 saturated heterocycles. The van der Waals surface area contributed by atoms with Crippen LogP contribution in [-0.2, 0) is 0 Å². The second-order valence-electron chi connectivity index (χ2n) is 3.54. The Morgan fingerprint density at radius 3 is 2.84 bits per heavy atom. The normalized spacial score (nSPS) is 9.89. The number of hydrogen-bond acceptors (Lipinski definition) is 4. The van der Waals surface area contributed by atoms with Crippen LogP contribution in [0.5, 0.6) is 0 Å². The van der Waals surface area contributed by atoms with Gasteiger partial charge in [-0.3, -0.25) is 0 Å². The van der Waals surface area contributed by atoms with Crippen molar-refractivity contribution in [2.45, 2.75) is 9.92 Å². The molecule has 4 nitrogen and oxygen atoms in total. The van der Waals surface area contributed by atoms with Crippen LogP contribution < -0.4 is 0 Å². The van der Waals surface area contributed by atoms with Crippen molar-refractivity contribution in [1.29, 1.82) is 5.26 Å². The zero-order chi connectivity index (χ0) is 13.8. The van der Waals surface area contributed by atoms with Gasteiger partial charge in [0.15, 0.2) is 0 Å². The first-order valence-electron chi connectivity index (χ1n) is 5.17. The van der Waals surface area contributed by atoms with Crippen LogP contribution >= 0.6 is 11.8 Å². The van der Waals surface area contributed by atoms with Crippen LogP contribution in [0.1, 0.15) is 15.9 Å². The van der Waals surface area contributed by atoms with E-state index in [1.807, 2.05) is 6.07 Å². The molecule has 0 spiro atoms. The maximum absolute atomic E-state index is 13.2. The molecule has 0 unspecified atom stereocenters. The molecule has 0 amide bonds. The van der Waals surface area contributed by atoms with Crippen molar-refractivity contribution in [3.8, 4) is 6.07 Å². The monoisotopic (exact) mass is 274 g/mol. The number of carbonyl (C=O) groups is 1. The van der Waals surface area contributed by atoms with E-state index in [-0.39, 0.29) is 5.56 Å². The first-order valence-corrected chi connectivity index (χ1v) is 5.98. The molecule has 19 heavy (non-hydrogen) atoms. The molecule has 1 aromatic heterocycles. The third kappa shape index (κ3) is 3.09. The van der Waals surface area contributed by atoms with Crippen LogP contribution in [0, 0.1) is 17.1 Å². The van der Waals surface area contributed by atoms with Gasteiger partial charge >= 0.3 is 5.97 Å². The summed E-state index contributed by atoms with van der Waals surface area (Å²) in [5.74, 6) is -2.10. The molecule has 0 saturated carbocycles. The number of rotatable bonds is 3. The van der Waals surface area contributed by atoms with Crippen molar-refractivity contribution in [1.82, 2.24) is 4.98 Å². The first kappa shape index (κ1) is 13.1. The quantitative estimate of drug-likeness (QED) is 0.931. The Morgan fingerprint density at radius 1 is 1.37 bits per heavy atom. The SMILES string of the molecule is N#Cc1ccnc(Sc2ccc(F)c(C(=O)O)c2)c1. The lowest BCUT2D eigenvalue weighted by Gasteiger charge is -2.03. The summed E-state index contributed by atoms with van der Waals surface area (Å²) >= 11 is 1.17. The fraction of sp³-hybridized carbons (Fsp3) is 0. The van der Waals surface area contributed by atoms with E-state index >= 15 is 0 Å². The summed E-state index contributed by atoms with van der Waals surface area (Å²) in [6.07, 6.45) is 1.49. The molecule has 0 aliphatic carbocycles. The predicted octanol–water partition coefficient (Wildman–Crippen LogP) is 2.94. The summed E-state index contributed by atoms with van der Waals surface area (Å²) in [5.41, 5.74) is 0.0690. The number of aromatic carboxylic acids is 1. The van der Waals surface area contributed by atoms with Crippen LogP contribution in [0.3, 0.4) is 0 Å². The largest absolute Gasteiger partial charge is 0.478 e. The fourth-order valence-electron chi connectivity index (χ4n) is 1.39. The molecule has 1 aromatic carbocycles. The van der Waals surface area contributed by atoms with Crippen LogP contribution in [0.4, 0.5) is 4.39 Å². The van der Waals surface area contributed by atoms with Crippen LogP contribution in [0.25, 0.3) is 0 Å². The highest BCUT2D eigenvalue weighted by molar-refractivity contribution is 7.99. The van der Waals surface area contributed by atoms with Crippen molar-refractivity contribution in [3.63, 3.8) is 0 Å². The van der Waals surface area contributed by atoms with E-state index in [0.717, 1.165) is 6.07 Å². The number of carboxylic acids is 1. The third-order valence-corrected chi connectivity index (χ3v) is 3.18. The molecule has 2 aromatic rings. The molecule has 1 heterocycles. The number of aromatic nitrogens is 1. The molecule has 0 radical (unpaired) electrons. The number of hydrogen-bond donors (Lipinski definition) is 1. The predicted molar refractivity (Wildman–Crippen MR) is 66.4 cm³/mol. The fourth-order valence-corrected chi connectivity index (χ4v) is 2.24. The van der Waals surface area contributed by atoms with E-state index < -0.39 is 11.8 Å². The Bertz CT molecular complexity index is 683. The number of halogens is 1. The van der Waals surface area contributed by atoms with Gasteiger partial charge in [-0.05, 0) is 30.3 Å². The van der Waals surface area contributed by atoms with E-state index in [0.29, 0.717) is 15.5 Å². The summed E-state index contributed by atoms with van der Waals surface area (Å²) < 4.78 is 13.2. The van der Waals surface area contributed by atoms with Crippen molar-refractivity contribution >= 4 is 17.7 Å². The average molecular weight is 274 g/mol. The summed E-state index contributed by atoms with van der Waals surface area (Å²) in [4.78, 5) is 15.4. The van der Waals surface area contributed by atoms with E-state index in [1.165, 1.54) is 30.1 Å². The van der Waals surface area contributed by atoms with Gasteiger partial charge in [-0.15, -0.1) is 0 Å². The zero-order valence-electron chi connectivity index (χ0n) is 9.50. The number of benzene rings is 1. The third-order valence-electron chi connectivity index (χ3n) is 2.25. The second kappa shape index (κ2) is 5.50. The molecular weight excluding hydrogens is 267 g/mol. The molecule has 0 aliphatic rings. The van der Waals surface area contributed by atoms with Gasteiger partial charge in [-0.25, -0.2) is 14.2 Å². The average Bonchev–Trinajstić information content (AvgIpc) is 2.41. The van der Waals surface area contributed by atoms with Crippen molar-refractivity contribution < 1.29 is 14.3 Å². The first-order chi connectivity index (χ1) is 9.10. The Labute approximate surface area is 112 Å². The van der Waals surface area contributed by atoms with Crippen LogP contribution in [-0.4, -0.2) is 16.1 Å². The Balaban J connectivity index is 2.31. The van der Waals surface area contributed by atoms with Crippen molar-refractivity contribution in [2.24, 2.45) is 0 Å². The molecule has 0 fully saturated rings. The van der Waals surface area contributed by atoms with Crippen LogP contribution in [0.15, 0.2) is 46.5 Å². The van der Waals surface area contributed by atoms with Gasteiger partial charge in [0.2, 0.25) is 0 Å². The molecule has 1 N–H and O–H groups in total. The standard InChI is InChI=1S/C13H7FN2O2S/c14-11-2-1-9(6-10(11)13(17)18)19-12-5-8(7-15)3-4-16-12/h1-6H,(H,17,18). The molecule has 0 bridgehead atoms. The van der Waals surface area contributed by atoms with Crippen LogP contribution in [0.2, 0.25) is 0 Å². The molecule has 2 rings (SSSR count). The van der Waals surface area contributed by atoms with E-state index in [1.54, 1.807) is 12.1 Å². The van der Waals surface area contributed by atoms with E-state index in [2.05, 4.69) is 4.98 Å². The number of nitrogens with zero attached hydrogens (tertiary/aromatic N) is 2. The molecule has 0 aliphatic heterocycles. The van der Waals surface area contributed by atoms with E-state index in [4.69, 9.17) is 10.4 Å². The zero-order valence-corrected chi connectivity index (χ0v) is 10.3. The summed E-state index contributed by atoms with van der Waals surface area (Å²) in [6.45, 7) is 0. The Morgan fingerprint density at radius 2 is 2.16 bits per heavy atom. The summed E-state index contributed by atoms with van der Waals surface area (Å²) in [5, 5.41) is 18.1. The number of nitriles is 1. The highest BCUT2D eigenvalue weighted by atomic mass is 32.2. The Hall–Kier alpha value is -2.39. The van der Waals surface area contributed by atoms with Gasteiger partial charge in [-0.2, -0.15) is 5.26 Å². The van der Waals surface area contributed by atoms with Gasteiger partial charge in [0, 0.05) is 11.1 Å². The highest BCUT2D eigenvalue weighted by Crippen LogP contribution is 2.27. The van der Waals surface area contributed by atoms with Gasteiger partial charge in [-0.1, -0.05) is 11.8 Å². The summed E-state index contributed by atoms with van der Waals surface area (Å²) in [6, 6.07) is 8.93. The lowest BCUT2D eigenvalue weighted by molar-refractivity contribution is 0.0691.